The topological polar surface area (TPSA) is 40.0 Å². The number of aliphatic imine (C=N–C) groups is 2. The smallest absolute Gasteiger partial charge is 0.199 e. The van der Waals surface area contributed by atoms with Gasteiger partial charge in [-0.1, -0.05) is 11.8 Å². The Morgan fingerprint density at radius 1 is 1.33 bits per heavy atom. The predicted octanol–water partition coefficient (Wildman–Crippen LogP) is 0.472. The molecule has 0 aromatic rings. The van der Waals surface area contributed by atoms with Crippen LogP contribution in [0.1, 0.15) is 0 Å². The van der Waals surface area contributed by atoms with Crippen LogP contribution in [0.25, 0.3) is 0 Å². The standard InChI is InChI=1S/C7H16N4S/c1-8-6(9-2)11(4)7(10-3)12-5/h1-5H3,(H,8,9). The lowest BCUT2D eigenvalue weighted by Crippen LogP contribution is -2.39. The van der Waals surface area contributed by atoms with Gasteiger partial charge in [-0.3, -0.25) is 14.9 Å². The van der Waals surface area contributed by atoms with E-state index in [1.165, 1.54) is 0 Å². The molecule has 4 nitrogen and oxygen atoms in total. The van der Waals surface area contributed by atoms with Crippen molar-refractivity contribution in [2.75, 3.05) is 34.4 Å². The molecule has 0 fully saturated rings. The fourth-order valence-corrected chi connectivity index (χ4v) is 1.44. The van der Waals surface area contributed by atoms with Crippen molar-refractivity contribution in [3.8, 4) is 0 Å². The van der Waals surface area contributed by atoms with Gasteiger partial charge >= 0.3 is 0 Å². The van der Waals surface area contributed by atoms with Crippen LogP contribution in [0, 0.1) is 0 Å². The van der Waals surface area contributed by atoms with Gasteiger partial charge in [-0.05, 0) is 6.26 Å². The number of rotatable bonds is 0. The van der Waals surface area contributed by atoms with Gasteiger partial charge in [0.25, 0.3) is 0 Å². The molecule has 0 saturated heterocycles. The third-order valence-electron chi connectivity index (χ3n) is 1.41. The number of nitrogens with zero attached hydrogens (tertiary/aromatic N) is 3. The van der Waals surface area contributed by atoms with Crippen LogP contribution in [0.2, 0.25) is 0 Å². The molecule has 70 valence electrons. The zero-order chi connectivity index (χ0) is 9.56. The highest BCUT2D eigenvalue weighted by molar-refractivity contribution is 8.13. The molecule has 0 aromatic heterocycles. The Hall–Kier alpha value is -0.710. The van der Waals surface area contributed by atoms with E-state index in [1.54, 1.807) is 25.9 Å². The van der Waals surface area contributed by atoms with Crippen LogP contribution in [0.3, 0.4) is 0 Å². The van der Waals surface area contributed by atoms with Crippen molar-refractivity contribution >= 4 is 22.9 Å². The molecule has 0 unspecified atom stereocenters. The Kier molecular flexibility index (Phi) is 5.53. The molecule has 0 aliphatic heterocycles. The summed E-state index contributed by atoms with van der Waals surface area (Å²) in [6.45, 7) is 0. The highest BCUT2D eigenvalue weighted by Gasteiger charge is 2.08. The number of amidine groups is 1. The number of hydrogen-bond acceptors (Lipinski definition) is 3. The van der Waals surface area contributed by atoms with E-state index in [0.717, 1.165) is 11.1 Å². The molecule has 1 N–H and O–H groups in total. The second-order valence-corrected chi connectivity index (χ2v) is 2.84. The number of hydrogen-bond donors (Lipinski definition) is 1. The van der Waals surface area contributed by atoms with Crippen LogP contribution >= 0.6 is 11.8 Å². The second kappa shape index (κ2) is 5.88. The first-order valence-corrected chi connectivity index (χ1v) is 4.82. The van der Waals surface area contributed by atoms with Crippen LogP contribution in [-0.2, 0) is 0 Å². The third-order valence-corrected chi connectivity index (χ3v) is 2.24. The van der Waals surface area contributed by atoms with Crippen molar-refractivity contribution < 1.29 is 0 Å². The van der Waals surface area contributed by atoms with E-state index in [0.29, 0.717) is 0 Å². The van der Waals surface area contributed by atoms with Gasteiger partial charge in [0.2, 0.25) is 0 Å². The van der Waals surface area contributed by atoms with Crippen LogP contribution in [0.4, 0.5) is 0 Å². The van der Waals surface area contributed by atoms with Gasteiger partial charge in [0.15, 0.2) is 11.1 Å². The number of nitrogens with one attached hydrogen (secondary N) is 1. The summed E-state index contributed by atoms with van der Waals surface area (Å²) < 4.78 is 0. The first-order chi connectivity index (χ1) is 5.71. The van der Waals surface area contributed by atoms with Crippen molar-refractivity contribution in [2.45, 2.75) is 0 Å². The molecule has 0 aliphatic carbocycles. The van der Waals surface area contributed by atoms with Crippen molar-refractivity contribution in [3.63, 3.8) is 0 Å². The SMILES string of the molecule is CN=C(NC)N(C)C(=NC)SC. The molecule has 0 amide bonds. The van der Waals surface area contributed by atoms with Gasteiger partial charge in [0.05, 0.1) is 0 Å². The molecule has 12 heavy (non-hydrogen) atoms. The van der Waals surface area contributed by atoms with E-state index < -0.39 is 0 Å². The minimum absolute atomic E-state index is 0.810. The van der Waals surface area contributed by atoms with Gasteiger partial charge in [-0.2, -0.15) is 0 Å². The van der Waals surface area contributed by atoms with E-state index >= 15 is 0 Å². The second-order valence-electron chi connectivity index (χ2n) is 2.07. The Morgan fingerprint density at radius 3 is 2.17 bits per heavy atom. The van der Waals surface area contributed by atoms with Crippen molar-refractivity contribution in [2.24, 2.45) is 9.98 Å². The van der Waals surface area contributed by atoms with E-state index in [9.17, 15) is 0 Å². The van der Waals surface area contributed by atoms with Gasteiger partial charge in [-0.25, -0.2) is 0 Å². The molecule has 0 aromatic carbocycles. The molecule has 0 heterocycles. The van der Waals surface area contributed by atoms with Crippen LogP contribution < -0.4 is 5.32 Å². The summed E-state index contributed by atoms with van der Waals surface area (Å²) in [5, 5.41) is 3.92. The summed E-state index contributed by atoms with van der Waals surface area (Å²) in [6.07, 6.45) is 1.99. The monoisotopic (exact) mass is 188 g/mol. The normalized spacial score (nSPS) is 13.1. The lowest BCUT2D eigenvalue weighted by molar-refractivity contribution is 0.724. The first-order valence-electron chi connectivity index (χ1n) is 3.60. The third kappa shape index (κ3) is 2.73. The highest BCUT2D eigenvalue weighted by atomic mass is 32.2. The van der Waals surface area contributed by atoms with E-state index in [1.807, 2.05) is 25.3 Å². The summed E-state index contributed by atoms with van der Waals surface area (Å²) >= 11 is 1.59. The van der Waals surface area contributed by atoms with Crippen LogP contribution in [0.5, 0.6) is 0 Å². The van der Waals surface area contributed by atoms with Gasteiger partial charge < -0.3 is 5.32 Å². The molecule has 0 saturated carbocycles. The summed E-state index contributed by atoms with van der Waals surface area (Å²) in [7, 11) is 7.28. The maximum absolute atomic E-state index is 4.11. The molecular formula is C7H16N4S. The Bertz CT molecular complexity index is 168. The Morgan fingerprint density at radius 2 is 1.92 bits per heavy atom. The molecule has 0 radical (unpaired) electrons. The molecular weight excluding hydrogens is 172 g/mol. The average molecular weight is 188 g/mol. The molecule has 0 bridgehead atoms. The summed E-state index contributed by atoms with van der Waals surface area (Å²) in [5.41, 5.74) is 0. The summed E-state index contributed by atoms with van der Waals surface area (Å²) in [6, 6.07) is 0. The van der Waals surface area contributed by atoms with Gasteiger partial charge in [0.1, 0.15) is 0 Å². The minimum atomic E-state index is 0.810. The molecule has 0 aliphatic rings. The zero-order valence-electron chi connectivity index (χ0n) is 8.25. The maximum Gasteiger partial charge on any atom is 0.199 e. The molecule has 0 atom stereocenters. The Balaban J connectivity index is 4.45. The van der Waals surface area contributed by atoms with E-state index in [2.05, 4.69) is 15.3 Å². The lowest BCUT2D eigenvalue weighted by Gasteiger charge is -2.20. The van der Waals surface area contributed by atoms with Crippen molar-refractivity contribution in [1.29, 1.82) is 0 Å². The van der Waals surface area contributed by atoms with Gasteiger partial charge in [-0.15, -0.1) is 0 Å². The lowest BCUT2D eigenvalue weighted by atomic mass is 10.7. The highest BCUT2D eigenvalue weighted by Crippen LogP contribution is 2.02. The molecule has 0 rings (SSSR count). The quantitative estimate of drug-likeness (QED) is 0.444. The largest absolute Gasteiger partial charge is 0.359 e. The minimum Gasteiger partial charge on any atom is -0.359 e. The van der Waals surface area contributed by atoms with Crippen LogP contribution in [-0.4, -0.2) is 50.5 Å². The maximum atomic E-state index is 4.11. The van der Waals surface area contributed by atoms with Gasteiger partial charge in [0, 0.05) is 28.2 Å². The number of thioether (sulfide) groups is 1. The summed E-state index contributed by atoms with van der Waals surface area (Å²) in [4.78, 5) is 10.1. The molecule has 0 spiro atoms. The van der Waals surface area contributed by atoms with E-state index in [-0.39, 0.29) is 0 Å². The fraction of sp³-hybridized carbons (Fsp3) is 0.714. The first kappa shape index (κ1) is 11.3. The van der Waals surface area contributed by atoms with Crippen molar-refractivity contribution in [3.05, 3.63) is 0 Å². The fourth-order valence-electron chi connectivity index (χ4n) is 0.898. The summed E-state index contributed by atoms with van der Waals surface area (Å²) in [5.74, 6) is 0.810. The zero-order valence-corrected chi connectivity index (χ0v) is 9.07. The number of guanidine groups is 1. The van der Waals surface area contributed by atoms with Crippen LogP contribution in [0.15, 0.2) is 9.98 Å². The van der Waals surface area contributed by atoms with Crippen molar-refractivity contribution in [1.82, 2.24) is 10.2 Å². The Labute approximate surface area is 78.2 Å². The molecule has 5 heteroatoms. The predicted molar refractivity (Wildman–Crippen MR) is 57.1 cm³/mol. The van der Waals surface area contributed by atoms with E-state index in [4.69, 9.17) is 0 Å². The average Bonchev–Trinajstić information content (AvgIpc) is 2.09.